The molecule has 1 atom stereocenters. The Morgan fingerprint density at radius 1 is 1.12 bits per heavy atom. The standard InChI is InChI=1S/C23H33BN2O5S/c1-20(2,3)29-19(28)26-23(10-11-23)18(27)25-16-13-32-17-12-14(8-9-15(16)17)24-30-21(4,5)22(6,7)31-24/h8-9,12,16H,10-11,13H2,1-7H3,(H,25,27)(H,26,28). The number of thioether (sulfide) groups is 1. The van der Waals surface area contributed by atoms with E-state index in [1.807, 2.05) is 39.8 Å². The van der Waals surface area contributed by atoms with Crippen molar-refractivity contribution in [2.24, 2.45) is 0 Å². The molecule has 9 heteroatoms. The Morgan fingerprint density at radius 3 is 2.31 bits per heavy atom. The van der Waals surface area contributed by atoms with Crippen molar-refractivity contribution in [3.05, 3.63) is 23.8 Å². The number of hydrogen-bond acceptors (Lipinski definition) is 6. The number of fused-ring (bicyclic) bond motifs is 1. The van der Waals surface area contributed by atoms with Gasteiger partial charge in [0.2, 0.25) is 5.91 Å². The van der Waals surface area contributed by atoms with Gasteiger partial charge < -0.3 is 24.7 Å². The van der Waals surface area contributed by atoms with Crippen LogP contribution in [0.2, 0.25) is 0 Å². The Hall–Kier alpha value is -1.71. The van der Waals surface area contributed by atoms with Crippen LogP contribution in [0.1, 0.15) is 72.9 Å². The number of rotatable bonds is 4. The van der Waals surface area contributed by atoms with E-state index in [0.717, 1.165) is 21.7 Å². The van der Waals surface area contributed by atoms with Crippen LogP contribution in [0.15, 0.2) is 23.1 Å². The lowest BCUT2D eigenvalue weighted by molar-refractivity contribution is -0.124. The van der Waals surface area contributed by atoms with Crippen molar-refractivity contribution in [2.45, 2.75) is 94.6 Å². The molecule has 2 heterocycles. The molecule has 1 saturated heterocycles. The number of carbonyl (C=O) groups excluding carboxylic acids is 2. The Balaban J connectivity index is 1.41. The van der Waals surface area contributed by atoms with E-state index < -0.39 is 24.4 Å². The summed E-state index contributed by atoms with van der Waals surface area (Å²) in [5, 5.41) is 5.90. The zero-order valence-electron chi connectivity index (χ0n) is 20.0. The molecule has 1 aromatic rings. The molecule has 2 fully saturated rings. The summed E-state index contributed by atoms with van der Waals surface area (Å²) in [6, 6.07) is 6.05. The zero-order valence-corrected chi connectivity index (χ0v) is 20.8. The molecule has 2 N–H and O–H groups in total. The Bertz CT molecular complexity index is 923. The maximum atomic E-state index is 13.0. The SMILES string of the molecule is CC(C)(C)OC(=O)NC1(C(=O)NC2CSc3cc(B4OC(C)(C)C(C)(C)O4)ccc32)CC1. The van der Waals surface area contributed by atoms with Crippen LogP contribution in [0.5, 0.6) is 0 Å². The number of hydrogen-bond donors (Lipinski definition) is 2. The third kappa shape index (κ3) is 4.52. The summed E-state index contributed by atoms with van der Waals surface area (Å²) < 4.78 is 17.7. The average molecular weight is 460 g/mol. The molecule has 1 saturated carbocycles. The van der Waals surface area contributed by atoms with Crippen molar-refractivity contribution in [3.63, 3.8) is 0 Å². The first-order valence-corrected chi connectivity index (χ1v) is 12.1. The van der Waals surface area contributed by atoms with Crippen molar-refractivity contribution >= 4 is 36.3 Å². The van der Waals surface area contributed by atoms with Gasteiger partial charge in [-0.1, -0.05) is 12.1 Å². The summed E-state index contributed by atoms with van der Waals surface area (Å²) >= 11 is 1.71. The molecule has 0 spiro atoms. The highest BCUT2D eigenvalue weighted by atomic mass is 32.2. The highest BCUT2D eigenvalue weighted by Crippen LogP contribution is 2.41. The van der Waals surface area contributed by atoms with E-state index in [0.29, 0.717) is 12.8 Å². The predicted octanol–water partition coefficient (Wildman–Crippen LogP) is 3.31. The van der Waals surface area contributed by atoms with Crippen LogP contribution in [0.4, 0.5) is 4.79 Å². The second-order valence-corrected chi connectivity index (χ2v) is 12.0. The van der Waals surface area contributed by atoms with Crippen LogP contribution in [0.3, 0.4) is 0 Å². The Labute approximate surface area is 194 Å². The van der Waals surface area contributed by atoms with Gasteiger partial charge in [-0.25, -0.2) is 4.79 Å². The maximum absolute atomic E-state index is 13.0. The Morgan fingerprint density at radius 2 is 1.75 bits per heavy atom. The molecular weight excluding hydrogens is 427 g/mol. The molecule has 2 aliphatic heterocycles. The first kappa shape index (κ1) is 23.5. The second kappa shape index (κ2) is 7.67. The smallest absolute Gasteiger partial charge is 0.444 e. The molecule has 0 radical (unpaired) electrons. The maximum Gasteiger partial charge on any atom is 0.494 e. The molecule has 174 valence electrons. The summed E-state index contributed by atoms with van der Waals surface area (Å²) in [6.45, 7) is 13.6. The van der Waals surface area contributed by atoms with Crippen molar-refractivity contribution in [3.8, 4) is 0 Å². The van der Waals surface area contributed by atoms with Crippen LogP contribution in [0, 0.1) is 0 Å². The van der Waals surface area contributed by atoms with Gasteiger partial charge in [0.05, 0.1) is 17.2 Å². The monoisotopic (exact) mass is 460 g/mol. The molecule has 2 amide bonds. The van der Waals surface area contributed by atoms with Crippen molar-refractivity contribution in [2.75, 3.05) is 5.75 Å². The summed E-state index contributed by atoms with van der Waals surface area (Å²) in [5.41, 5.74) is -0.186. The molecule has 1 aliphatic carbocycles. The third-order valence-electron chi connectivity index (χ3n) is 6.57. The molecule has 32 heavy (non-hydrogen) atoms. The molecule has 0 aromatic heterocycles. The number of ether oxygens (including phenoxy) is 1. The number of nitrogens with one attached hydrogen (secondary N) is 2. The summed E-state index contributed by atoms with van der Waals surface area (Å²) in [6.07, 6.45) is 0.676. The fraction of sp³-hybridized carbons (Fsp3) is 0.652. The summed E-state index contributed by atoms with van der Waals surface area (Å²) in [7, 11) is -0.410. The van der Waals surface area contributed by atoms with Crippen LogP contribution < -0.4 is 16.1 Å². The number of alkyl carbamates (subject to hydrolysis) is 1. The van der Waals surface area contributed by atoms with E-state index >= 15 is 0 Å². The normalized spacial score (nSPS) is 24.6. The molecule has 4 rings (SSSR count). The van der Waals surface area contributed by atoms with Gasteiger partial charge in [0.1, 0.15) is 11.1 Å². The van der Waals surface area contributed by atoms with Gasteiger partial charge in [-0.3, -0.25) is 4.79 Å². The predicted molar refractivity (Wildman–Crippen MR) is 125 cm³/mol. The molecule has 0 bridgehead atoms. The van der Waals surface area contributed by atoms with E-state index in [-0.39, 0.29) is 23.2 Å². The lowest BCUT2D eigenvalue weighted by atomic mass is 9.78. The van der Waals surface area contributed by atoms with E-state index in [1.165, 1.54) is 0 Å². The molecule has 7 nitrogen and oxygen atoms in total. The fourth-order valence-corrected chi connectivity index (χ4v) is 5.01. The summed E-state index contributed by atoms with van der Waals surface area (Å²) in [5.74, 6) is 0.591. The van der Waals surface area contributed by atoms with Crippen molar-refractivity contribution in [1.82, 2.24) is 10.6 Å². The highest BCUT2D eigenvalue weighted by molar-refractivity contribution is 7.99. The topological polar surface area (TPSA) is 85.9 Å². The van der Waals surface area contributed by atoms with Crippen molar-refractivity contribution < 1.29 is 23.6 Å². The van der Waals surface area contributed by atoms with Gasteiger partial charge in [0, 0.05) is 10.6 Å². The van der Waals surface area contributed by atoms with Gasteiger partial charge in [-0.2, -0.15) is 0 Å². The van der Waals surface area contributed by atoms with Crippen molar-refractivity contribution in [1.29, 1.82) is 0 Å². The first-order chi connectivity index (χ1) is 14.7. The van der Waals surface area contributed by atoms with Crippen LogP contribution in [0.25, 0.3) is 0 Å². The van der Waals surface area contributed by atoms with Gasteiger partial charge in [-0.15, -0.1) is 11.8 Å². The quantitative estimate of drug-likeness (QED) is 0.671. The number of benzene rings is 1. The number of amides is 2. The van der Waals surface area contributed by atoms with E-state index in [1.54, 1.807) is 32.5 Å². The number of carbonyl (C=O) groups is 2. The van der Waals surface area contributed by atoms with E-state index in [9.17, 15) is 9.59 Å². The summed E-state index contributed by atoms with van der Waals surface area (Å²) in [4.78, 5) is 26.3. The lowest BCUT2D eigenvalue weighted by Crippen LogP contribution is -2.51. The second-order valence-electron chi connectivity index (χ2n) is 10.9. The zero-order chi connectivity index (χ0) is 23.5. The molecular formula is C23H33BN2O5S. The van der Waals surface area contributed by atoms with Gasteiger partial charge in [0.15, 0.2) is 0 Å². The minimum absolute atomic E-state index is 0.104. The molecule has 1 unspecified atom stereocenters. The van der Waals surface area contributed by atoms with Gasteiger partial charge in [-0.05, 0) is 78.4 Å². The fourth-order valence-electron chi connectivity index (χ4n) is 3.80. The first-order valence-electron chi connectivity index (χ1n) is 11.2. The van der Waals surface area contributed by atoms with E-state index in [2.05, 4.69) is 16.7 Å². The van der Waals surface area contributed by atoms with Crippen LogP contribution in [-0.4, -0.2) is 47.2 Å². The van der Waals surface area contributed by atoms with Crippen LogP contribution in [-0.2, 0) is 18.8 Å². The lowest BCUT2D eigenvalue weighted by Gasteiger charge is -2.32. The highest BCUT2D eigenvalue weighted by Gasteiger charge is 2.53. The minimum Gasteiger partial charge on any atom is -0.444 e. The van der Waals surface area contributed by atoms with Crippen LogP contribution >= 0.6 is 11.8 Å². The Kier molecular flexibility index (Phi) is 5.62. The minimum atomic E-state index is -0.863. The molecule has 1 aromatic carbocycles. The largest absolute Gasteiger partial charge is 0.494 e. The van der Waals surface area contributed by atoms with Gasteiger partial charge in [0.25, 0.3) is 0 Å². The van der Waals surface area contributed by atoms with E-state index in [4.69, 9.17) is 14.0 Å². The van der Waals surface area contributed by atoms with Gasteiger partial charge >= 0.3 is 13.2 Å². The average Bonchev–Trinajstić information content (AvgIpc) is 3.25. The molecule has 3 aliphatic rings. The third-order valence-corrected chi connectivity index (χ3v) is 7.74.